The van der Waals surface area contributed by atoms with E-state index in [4.69, 9.17) is 5.73 Å². The van der Waals surface area contributed by atoms with Gasteiger partial charge in [-0.15, -0.1) is 0 Å². The van der Waals surface area contributed by atoms with Crippen LogP contribution in [0.2, 0.25) is 0 Å². The number of hydrogen-bond donors (Lipinski definition) is 2. The van der Waals surface area contributed by atoms with Crippen LogP contribution >= 0.6 is 0 Å². The number of piperazine rings is 1. The Morgan fingerprint density at radius 1 is 1.37 bits per heavy atom. The zero-order chi connectivity index (χ0) is 19.6. The first kappa shape index (κ1) is 19.1. The number of carbonyl (C=O) groups is 2. The third-order valence-corrected chi connectivity index (χ3v) is 5.21. The zero-order valence-electron chi connectivity index (χ0n) is 16.2. The van der Waals surface area contributed by atoms with Crippen LogP contribution in [0.25, 0.3) is 0 Å². The Balaban J connectivity index is 1.74. The summed E-state index contributed by atoms with van der Waals surface area (Å²) >= 11 is 0. The SMILES string of the molecule is CCc1c(C(=O)N2CCN(Cc3cccnc3)CC2C)[nH]c(C)c1C(N)=O. The van der Waals surface area contributed by atoms with Crippen LogP contribution in [0.4, 0.5) is 0 Å². The van der Waals surface area contributed by atoms with Crippen molar-refractivity contribution in [3.05, 3.63) is 52.6 Å². The number of rotatable bonds is 5. The molecule has 0 radical (unpaired) electrons. The fourth-order valence-electron chi connectivity index (χ4n) is 3.92. The predicted octanol–water partition coefficient (Wildman–Crippen LogP) is 1.73. The molecule has 1 atom stereocenters. The van der Waals surface area contributed by atoms with Crippen molar-refractivity contribution in [2.75, 3.05) is 19.6 Å². The Morgan fingerprint density at radius 2 is 2.15 bits per heavy atom. The van der Waals surface area contributed by atoms with E-state index in [-0.39, 0.29) is 11.9 Å². The number of aromatic nitrogens is 2. The van der Waals surface area contributed by atoms with E-state index >= 15 is 0 Å². The number of amides is 2. The summed E-state index contributed by atoms with van der Waals surface area (Å²) in [6.07, 6.45) is 4.23. The zero-order valence-corrected chi connectivity index (χ0v) is 16.2. The second-order valence-corrected chi connectivity index (χ2v) is 7.14. The quantitative estimate of drug-likeness (QED) is 0.839. The van der Waals surface area contributed by atoms with Crippen LogP contribution in [0.15, 0.2) is 24.5 Å². The summed E-state index contributed by atoms with van der Waals surface area (Å²) in [4.78, 5) is 36.4. The Bertz CT molecular complexity index is 830. The van der Waals surface area contributed by atoms with Gasteiger partial charge in [0.15, 0.2) is 0 Å². The van der Waals surface area contributed by atoms with Crippen LogP contribution in [0.3, 0.4) is 0 Å². The molecule has 1 aliphatic rings. The fraction of sp³-hybridized carbons (Fsp3) is 0.450. The molecule has 7 nitrogen and oxygen atoms in total. The maximum Gasteiger partial charge on any atom is 0.270 e. The molecule has 2 aromatic rings. The van der Waals surface area contributed by atoms with Gasteiger partial charge in [-0.1, -0.05) is 13.0 Å². The summed E-state index contributed by atoms with van der Waals surface area (Å²) in [6.45, 7) is 8.84. The molecule has 2 amide bonds. The lowest BCUT2D eigenvalue weighted by Gasteiger charge is -2.39. The van der Waals surface area contributed by atoms with Crippen molar-refractivity contribution in [2.24, 2.45) is 5.73 Å². The Morgan fingerprint density at radius 3 is 2.74 bits per heavy atom. The van der Waals surface area contributed by atoms with Crippen molar-refractivity contribution in [3.8, 4) is 0 Å². The maximum atomic E-state index is 13.2. The normalized spacial score (nSPS) is 17.9. The van der Waals surface area contributed by atoms with E-state index in [0.29, 0.717) is 29.9 Å². The van der Waals surface area contributed by atoms with Gasteiger partial charge in [0.25, 0.3) is 11.8 Å². The standard InChI is InChI=1S/C20H27N5O2/c1-4-16-17(19(21)26)14(3)23-18(16)20(27)25-9-8-24(11-13(25)2)12-15-6-5-7-22-10-15/h5-7,10,13,23H,4,8-9,11-12H2,1-3H3,(H2,21,26). The van der Waals surface area contributed by atoms with Crippen molar-refractivity contribution in [3.63, 3.8) is 0 Å². The largest absolute Gasteiger partial charge is 0.366 e. The summed E-state index contributed by atoms with van der Waals surface area (Å²) in [5.74, 6) is -0.551. The lowest BCUT2D eigenvalue weighted by molar-refractivity contribution is 0.0469. The van der Waals surface area contributed by atoms with Crippen LogP contribution in [0.5, 0.6) is 0 Å². The summed E-state index contributed by atoms with van der Waals surface area (Å²) < 4.78 is 0. The van der Waals surface area contributed by atoms with Crippen molar-refractivity contribution in [2.45, 2.75) is 39.8 Å². The van der Waals surface area contributed by atoms with E-state index in [1.807, 2.05) is 24.1 Å². The highest BCUT2D eigenvalue weighted by molar-refractivity contribution is 6.02. The molecular formula is C20H27N5O2. The minimum absolute atomic E-state index is 0.0593. The first-order valence-electron chi connectivity index (χ1n) is 9.35. The molecule has 0 saturated carbocycles. The third-order valence-electron chi connectivity index (χ3n) is 5.21. The summed E-state index contributed by atoms with van der Waals surface area (Å²) in [5.41, 5.74) is 9.00. The molecule has 3 rings (SSSR count). The van der Waals surface area contributed by atoms with Crippen LogP contribution < -0.4 is 5.73 Å². The number of nitrogens with one attached hydrogen (secondary N) is 1. The number of aryl methyl sites for hydroxylation is 1. The molecule has 144 valence electrons. The number of carbonyl (C=O) groups excluding carboxylic acids is 2. The molecule has 0 bridgehead atoms. The smallest absolute Gasteiger partial charge is 0.270 e. The molecular weight excluding hydrogens is 342 g/mol. The van der Waals surface area contributed by atoms with Crippen LogP contribution in [-0.4, -0.2) is 57.3 Å². The predicted molar refractivity (Wildman–Crippen MR) is 103 cm³/mol. The van der Waals surface area contributed by atoms with Crippen molar-refractivity contribution >= 4 is 11.8 Å². The van der Waals surface area contributed by atoms with E-state index in [9.17, 15) is 9.59 Å². The summed E-state index contributed by atoms with van der Waals surface area (Å²) in [5, 5.41) is 0. The van der Waals surface area contributed by atoms with Gasteiger partial charge in [-0.3, -0.25) is 19.5 Å². The Kier molecular flexibility index (Phi) is 5.60. The highest BCUT2D eigenvalue weighted by atomic mass is 16.2. The summed E-state index contributed by atoms with van der Waals surface area (Å²) in [7, 11) is 0. The molecule has 1 fully saturated rings. The minimum atomic E-state index is -0.492. The number of pyridine rings is 1. The number of aromatic amines is 1. The third kappa shape index (κ3) is 3.88. The second kappa shape index (κ2) is 7.92. The highest BCUT2D eigenvalue weighted by Crippen LogP contribution is 2.23. The molecule has 27 heavy (non-hydrogen) atoms. The molecule has 3 N–H and O–H groups in total. The molecule has 7 heteroatoms. The van der Waals surface area contributed by atoms with E-state index in [1.54, 1.807) is 13.1 Å². The highest BCUT2D eigenvalue weighted by Gasteiger charge is 2.31. The second-order valence-electron chi connectivity index (χ2n) is 7.14. The van der Waals surface area contributed by atoms with Gasteiger partial charge >= 0.3 is 0 Å². The van der Waals surface area contributed by atoms with Gasteiger partial charge in [0.2, 0.25) is 0 Å². The van der Waals surface area contributed by atoms with E-state index in [2.05, 4.69) is 27.9 Å². The first-order chi connectivity index (χ1) is 12.9. The number of H-pyrrole nitrogens is 1. The number of hydrogen-bond acceptors (Lipinski definition) is 4. The molecule has 3 heterocycles. The molecule has 0 aromatic carbocycles. The topological polar surface area (TPSA) is 95.3 Å². The van der Waals surface area contributed by atoms with E-state index < -0.39 is 5.91 Å². The first-order valence-corrected chi connectivity index (χ1v) is 9.35. The van der Waals surface area contributed by atoms with Gasteiger partial charge < -0.3 is 15.6 Å². The van der Waals surface area contributed by atoms with Crippen LogP contribution in [-0.2, 0) is 13.0 Å². The number of nitrogens with two attached hydrogens (primary N) is 1. The van der Waals surface area contributed by atoms with E-state index in [1.165, 1.54) is 5.56 Å². The van der Waals surface area contributed by atoms with Gasteiger partial charge in [0.1, 0.15) is 5.69 Å². The Labute approximate surface area is 159 Å². The average molecular weight is 369 g/mol. The van der Waals surface area contributed by atoms with Crippen LogP contribution in [0.1, 0.15) is 51.5 Å². The minimum Gasteiger partial charge on any atom is -0.366 e. The molecule has 1 unspecified atom stereocenters. The molecule has 0 aliphatic carbocycles. The molecule has 0 spiro atoms. The van der Waals surface area contributed by atoms with Gasteiger partial charge in [-0.2, -0.15) is 0 Å². The Hall–Kier alpha value is -2.67. The summed E-state index contributed by atoms with van der Waals surface area (Å²) in [6, 6.07) is 4.08. The monoisotopic (exact) mass is 369 g/mol. The molecule has 1 saturated heterocycles. The van der Waals surface area contributed by atoms with E-state index in [0.717, 1.165) is 25.2 Å². The van der Waals surface area contributed by atoms with Gasteiger partial charge in [0, 0.05) is 50.3 Å². The fourth-order valence-corrected chi connectivity index (χ4v) is 3.92. The van der Waals surface area contributed by atoms with Gasteiger partial charge in [0.05, 0.1) is 5.56 Å². The van der Waals surface area contributed by atoms with Crippen molar-refractivity contribution < 1.29 is 9.59 Å². The van der Waals surface area contributed by atoms with Gasteiger partial charge in [-0.05, 0) is 37.5 Å². The molecule has 1 aliphatic heterocycles. The van der Waals surface area contributed by atoms with Crippen LogP contribution in [0, 0.1) is 6.92 Å². The van der Waals surface area contributed by atoms with Gasteiger partial charge in [-0.25, -0.2) is 0 Å². The van der Waals surface area contributed by atoms with Crippen molar-refractivity contribution in [1.29, 1.82) is 0 Å². The van der Waals surface area contributed by atoms with Crippen molar-refractivity contribution in [1.82, 2.24) is 19.8 Å². The maximum absolute atomic E-state index is 13.2. The molecule has 2 aromatic heterocycles. The lowest BCUT2D eigenvalue weighted by Crippen LogP contribution is -2.53. The lowest BCUT2D eigenvalue weighted by atomic mass is 10.0. The number of primary amides is 1. The number of nitrogens with zero attached hydrogens (tertiary/aromatic N) is 3. The average Bonchev–Trinajstić information content (AvgIpc) is 2.98.